The first-order chi connectivity index (χ1) is 5.27. The van der Waals surface area contributed by atoms with Crippen LogP contribution in [0.1, 0.15) is 12.8 Å². The Morgan fingerprint density at radius 2 is 2.27 bits per heavy atom. The lowest BCUT2D eigenvalue weighted by molar-refractivity contribution is -0.131. The molecule has 2 aliphatic rings. The van der Waals surface area contributed by atoms with Crippen molar-refractivity contribution in [3.05, 3.63) is 12.2 Å². The summed E-state index contributed by atoms with van der Waals surface area (Å²) in [7, 11) is 0. The SMILES string of the molecule is O=C1CCN2C(=O)C=CC2C1. The van der Waals surface area contributed by atoms with Gasteiger partial charge in [0.15, 0.2) is 0 Å². The van der Waals surface area contributed by atoms with Gasteiger partial charge in [-0.15, -0.1) is 0 Å². The molecule has 0 aromatic rings. The molecule has 3 heteroatoms. The maximum atomic E-state index is 11.0. The molecule has 3 nitrogen and oxygen atoms in total. The maximum absolute atomic E-state index is 11.0. The molecule has 1 saturated heterocycles. The Morgan fingerprint density at radius 3 is 3.09 bits per heavy atom. The fourth-order valence-corrected chi connectivity index (χ4v) is 1.59. The van der Waals surface area contributed by atoms with Crippen LogP contribution in [-0.4, -0.2) is 29.2 Å². The third-order valence-electron chi connectivity index (χ3n) is 2.21. The zero-order chi connectivity index (χ0) is 7.84. The van der Waals surface area contributed by atoms with Crippen molar-refractivity contribution in [1.82, 2.24) is 4.90 Å². The highest BCUT2D eigenvalue weighted by atomic mass is 16.2. The second-order valence-corrected chi connectivity index (χ2v) is 2.95. The highest BCUT2D eigenvalue weighted by molar-refractivity contribution is 5.93. The smallest absolute Gasteiger partial charge is 0.246 e. The monoisotopic (exact) mass is 151 g/mol. The van der Waals surface area contributed by atoms with Gasteiger partial charge in [-0.25, -0.2) is 0 Å². The van der Waals surface area contributed by atoms with Crippen LogP contribution in [0, 0.1) is 0 Å². The van der Waals surface area contributed by atoms with E-state index in [0.717, 1.165) is 0 Å². The van der Waals surface area contributed by atoms with E-state index in [1.54, 1.807) is 11.0 Å². The molecule has 0 aromatic heterocycles. The third-order valence-corrected chi connectivity index (χ3v) is 2.21. The molecule has 1 amide bonds. The van der Waals surface area contributed by atoms with Crippen molar-refractivity contribution in [3.63, 3.8) is 0 Å². The first-order valence-corrected chi connectivity index (χ1v) is 3.78. The minimum atomic E-state index is 0.0579. The van der Waals surface area contributed by atoms with Crippen LogP contribution in [0.4, 0.5) is 0 Å². The largest absolute Gasteiger partial charge is 0.332 e. The van der Waals surface area contributed by atoms with Crippen molar-refractivity contribution in [2.75, 3.05) is 6.54 Å². The number of rotatable bonds is 0. The van der Waals surface area contributed by atoms with Crippen LogP contribution in [0.3, 0.4) is 0 Å². The first-order valence-electron chi connectivity index (χ1n) is 3.78. The minimum absolute atomic E-state index is 0.0579. The van der Waals surface area contributed by atoms with Gasteiger partial charge in [0, 0.05) is 25.5 Å². The number of Topliss-reactive ketones (excluding diaryl/α,β-unsaturated/α-hetero) is 1. The molecule has 0 spiro atoms. The van der Waals surface area contributed by atoms with E-state index >= 15 is 0 Å². The predicted octanol–water partition coefficient (Wildman–Crippen LogP) is 0.116. The van der Waals surface area contributed by atoms with Gasteiger partial charge < -0.3 is 4.90 Å². The van der Waals surface area contributed by atoms with Crippen LogP contribution in [0.5, 0.6) is 0 Å². The van der Waals surface area contributed by atoms with E-state index in [4.69, 9.17) is 0 Å². The Bertz CT molecular complexity index is 244. The number of carbonyl (C=O) groups excluding carboxylic acids is 2. The van der Waals surface area contributed by atoms with Gasteiger partial charge in [0.2, 0.25) is 5.91 Å². The van der Waals surface area contributed by atoms with Crippen LogP contribution in [0.25, 0.3) is 0 Å². The summed E-state index contributed by atoms with van der Waals surface area (Å²) in [4.78, 5) is 23.7. The van der Waals surface area contributed by atoms with Crippen molar-refractivity contribution in [2.24, 2.45) is 0 Å². The molecule has 0 aromatic carbocycles. The van der Waals surface area contributed by atoms with Gasteiger partial charge in [-0.2, -0.15) is 0 Å². The number of hydrogen-bond donors (Lipinski definition) is 0. The molecule has 2 aliphatic heterocycles. The summed E-state index contributed by atoms with van der Waals surface area (Å²) in [6.45, 7) is 0.606. The van der Waals surface area contributed by atoms with Crippen molar-refractivity contribution >= 4 is 11.7 Å². The zero-order valence-electron chi connectivity index (χ0n) is 6.12. The molecule has 0 aliphatic carbocycles. The number of nitrogens with zero attached hydrogens (tertiary/aromatic N) is 1. The van der Waals surface area contributed by atoms with Gasteiger partial charge >= 0.3 is 0 Å². The summed E-state index contributed by atoms with van der Waals surface area (Å²) >= 11 is 0. The number of carbonyl (C=O) groups is 2. The fraction of sp³-hybridized carbons (Fsp3) is 0.500. The molecule has 1 unspecified atom stereocenters. The lowest BCUT2D eigenvalue weighted by Gasteiger charge is -2.28. The molecule has 0 saturated carbocycles. The average molecular weight is 151 g/mol. The van der Waals surface area contributed by atoms with Crippen molar-refractivity contribution < 1.29 is 9.59 Å². The Kier molecular flexibility index (Phi) is 1.31. The molecule has 1 atom stereocenters. The summed E-state index contributed by atoms with van der Waals surface area (Å²) in [5.74, 6) is 0.327. The molecule has 0 N–H and O–H groups in total. The standard InChI is InChI=1S/C8H9NO2/c10-7-3-4-9-6(5-7)1-2-8(9)11/h1-2,6H,3-5H2. The normalized spacial score (nSPS) is 29.5. The van der Waals surface area contributed by atoms with E-state index in [1.165, 1.54) is 0 Å². The Morgan fingerprint density at radius 1 is 1.45 bits per heavy atom. The molecule has 1 fully saturated rings. The summed E-state index contributed by atoms with van der Waals surface area (Å²) in [6, 6.07) is 0.0729. The van der Waals surface area contributed by atoms with Crippen LogP contribution >= 0.6 is 0 Å². The van der Waals surface area contributed by atoms with Crippen molar-refractivity contribution in [2.45, 2.75) is 18.9 Å². The lowest BCUT2D eigenvalue weighted by Crippen LogP contribution is -2.41. The average Bonchev–Trinajstić information content (AvgIpc) is 2.32. The number of amides is 1. The second kappa shape index (κ2) is 2.19. The third kappa shape index (κ3) is 0.964. The van der Waals surface area contributed by atoms with E-state index in [9.17, 15) is 9.59 Å². The van der Waals surface area contributed by atoms with E-state index in [-0.39, 0.29) is 17.7 Å². The number of fused-ring (bicyclic) bond motifs is 1. The number of hydrogen-bond acceptors (Lipinski definition) is 2. The van der Waals surface area contributed by atoms with Crippen molar-refractivity contribution in [3.8, 4) is 0 Å². The van der Waals surface area contributed by atoms with Gasteiger partial charge in [-0.1, -0.05) is 6.08 Å². The molecule has 0 bridgehead atoms. The maximum Gasteiger partial charge on any atom is 0.246 e. The molecular weight excluding hydrogens is 142 g/mol. The fourth-order valence-electron chi connectivity index (χ4n) is 1.59. The van der Waals surface area contributed by atoms with E-state index in [2.05, 4.69) is 0 Å². The Labute approximate surface area is 64.7 Å². The van der Waals surface area contributed by atoms with Crippen LogP contribution in [0.2, 0.25) is 0 Å². The lowest BCUT2D eigenvalue weighted by atomic mass is 10.0. The van der Waals surface area contributed by atoms with E-state index < -0.39 is 0 Å². The predicted molar refractivity (Wildman–Crippen MR) is 38.9 cm³/mol. The second-order valence-electron chi connectivity index (χ2n) is 2.95. The summed E-state index contributed by atoms with van der Waals surface area (Å²) in [5.41, 5.74) is 0. The van der Waals surface area contributed by atoms with Gasteiger partial charge in [-0.3, -0.25) is 9.59 Å². The zero-order valence-corrected chi connectivity index (χ0v) is 6.12. The van der Waals surface area contributed by atoms with Gasteiger partial charge in [-0.05, 0) is 0 Å². The van der Waals surface area contributed by atoms with Crippen LogP contribution < -0.4 is 0 Å². The number of ketones is 1. The molecular formula is C8H9NO2. The highest BCUT2D eigenvalue weighted by Gasteiger charge is 2.31. The van der Waals surface area contributed by atoms with Crippen LogP contribution in [-0.2, 0) is 9.59 Å². The van der Waals surface area contributed by atoms with Crippen LogP contribution in [0.15, 0.2) is 12.2 Å². The van der Waals surface area contributed by atoms with Crippen molar-refractivity contribution in [1.29, 1.82) is 0 Å². The highest BCUT2D eigenvalue weighted by Crippen LogP contribution is 2.20. The van der Waals surface area contributed by atoms with Gasteiger partial charge in [0.1, 0.15) is 5.78 Å². The molecule has 2 heterocycles. The van der Waals surface area contributed by atoms with E-state index in [0.29, 0.717) is 19.4 Å². The summed E-state index contributed by atoms with van der Waals surface area (Å²) < 4.78 is 0. The molecule has 11 heavy (non-hydrogen) atoms. The first kappa shape index (κ1) is 6.58. The molecule has 58 valence electrons. The molecule has 0 radical (unpaired) electrons. The molecule has 2 rings (SSSR count). The van der Waals surface area contributed by atoms with Gasteiger partial charge in [0.05, 0.1) is 6.04 Å². The minimum Gasteiger partial charge on any atom is -0.332 e. The topological polar surface area (TPSA) is 37.4 Å². The quantitative estimate of drug-likeness (QED) is 0.493. The van der Waals surface area contributed by atoms with Gasteiger partial charge in [0.25, 0.3) is 0 Å². The Hall–Kier alpha value is -1.12. The Balaban J connectivity index is 2.17. The van der Waals surface area contributed by atoms with E-state index in [1.807, 2.05) is 6.08 Å². The summed E-state index contributed by atoms with van der Waals surface area (Å²) in [6.07, 6.45) is 4.43. The summed E-state index contributed by atoms with van der Waals surface area (Å²) in [5, 5.41) is 0. The number of piperidine rings is 1.